The molecule has 1 amide bonds. The summed E-state index contributed by atoms with van der Waals surface area (Å²) < 4.78 is 9.79. The zero-order chi connectivity index (χ0) is 15.9. The minimum absolute atomic E-state index is 0.0943. The van der Waals surface area contributed by atoms with Gasteiger partial charge in [0.15, 0.2) is 5.41 Å². The Bertz CT molecular complexity index is 803. The third kappa shape index (κ3) is 1.49. The maximum Gasteiger partial charge on any atom is 0.338 e. The van der Waals surface area contributed by atoms with Crippen LogP contribution in [0.15, 0.2) is 47.6 Å². The first-order valence-electron chi connectivity index (χ1n) is 6.34. The molecule has 1 aromatic rings. The van der Waals surface area contributed by atoms with E-state index in [1.54, 1.807) is 24.3 Å². The summed E-state index contributed by atoms with van der Waals surface area (Å²) in [4.78, 5) is 24.8. The van der Waals surface area contributed by atoms with Crippen LogP contribution in [-0.4, -0.2) is 19.0 Å². The first-order chi connectivity index (χ1) is 10.6. The summed E-state index contributed by atoms with van der Waals surface area (Å²) in [6, 6.07) is 8.66. The molecule has 2 heterocycles. The maximum absolute atomic E-state index is 12.7. The van der Waals surface area contributed by atoms with Crippen LogP contribution in [0.4, 0.5) is 5.69 Å². The molecular weight excluding hydrogens is 286 g/mol. The highest BCUT2D eigenvalue weighted by atomic mass is 16.5. The molecule has 2 aliphatic heterocycles. The molecule has 0 radical (unpaired) electrons. The van der Waals surface area contributed by atoms with E-state index in [2.05, 4.69) is 5.32 Å². The van der Waals surface area contributed by atoms with Gasteiger partial charge in [-0.3, -0.25) is 4.79 Å². The molecule has 22 heavy (non-hydrogen) atoms. The van der Waals surface area contributed by atoms with Gasteiger partial charge in [-0.15, -0.1) is 0 Å². The Morgan fingerprint density at radius 2 is 2.18 bits per heavy atom. The Hall–Kier alpha value is -3.27. The fraction of sp³-hybridized carbons (Fsp3) is 0.133. The zero-order valence-electron chi connectivity index (χ0n) is 11.5. The van der Waals surface area contributed by atoms with Crippen molar-refractivity contribution in [1.29, 1.82) is 5.26 Å². The number of fused-ring (bicyclic) bond motifs is 2. The molecule has 2 aliphatic rings. The molecule has 0 aromatic heterocycles. The van der Waals surface area contributed by atoms with Crippen LogP contribution in [0.2, 0.25) is 0 Å². The molecule has 1 spiro atoms. The van der Waals surface area contributed by atoms with E-state index in [0.29, 0.717) is 11.3 Å². The number of ether oxygens (including phenoxy) is 2. The van der Waals surface area contributed by atoms with E-state index in [4.69, 9.17) is 15.2 Å². The number of para-hydroxylation sites is 1. The van der Waals surface area contributed by atoms with E-state index in [9.17, 15) is 14.9 Å². The number of nitrogens with one attached hydrogen (secondary N) is 1. The summed E-state index contributed by atoms with van der Waals surface area (Å²) in [6.45, 7) is 0. The second-order valence-corrected chi connectivity index (χ2v) is 4.74. The van der Waals surface area contributed by atoms with Gasteiger partial charge in [0.2, 0.25) is 11.8 Å². The summed E-state index contributed by atoms with van der Waals surface area (Å²) in [5.74, 6) is -1.54. The zero-order valence-corrected chi connectivity index (χ0v) is 11.5. The average Bonchev–Trinajstić information content (AvgIpc) is 2.81. The summed E-state index contributed by atoms with van der Waals surface area (Å²) in [6.07, 6.45) is 1.06. The lowest BCUT2D eigenvalue weighted by atomic mass is 9.69. The predicted octanol–water partition coefficient (Wildman–Crippen LogP) is 0.657. The number of anilines is 1. The van der Waals surface area contributed by atoms with Crippen LogP contribution < -0.4 is 11.1 Å². The second kappa shape index (κ2) is 4.63. The Balaban J connectivity index is 2.38. The number of nitriles is 1. The van der Waals surface area contributed by atoms with E-state index < -0.39 is 17.3 Å². The number of carbonyl (C=O) groups is 2. The molecular formula is C15H11N3O4. The number of methoxy groups -OCH3 is 1. The van der Waals surface area contributed by atoms with E-state index in [1.165, 1.54) is 7.11 Å². The highest BCUT2D eigenvalue weighted by molar-refractivity contribution is 6.17. The summed E-state index contributed by atoms with van der Waals surface area (Å²) in [7, 11) is 1.18. The van der Waals surface area contributed by atoms with Crippen molar-refractivity contribution in [2.45, 2.75) is 5.41 Å². The normalized spacial score (nSPS) is 22.4. The SMILES string of the molecule is COC(=O)C1=COC(N)=C(C#N)C12C(=O)Nc1ccccc12. The van der Waals surface area contributed by atoms with Crippen molar-refractivity contribution in [3.05, 3.63) is 53.1 Å². The van der Waals surface area contributed by atoms with Gasteiger partial charge in [0.25, 0.3) is 0 Å². The van der Waals surface area contributed by atoms with Crippen molar-refractivity contribution >= 4 is 17.6 Å². The number of esters is 1. The molecule has 1 atom stereocenters. The minimum atomic E-state index is -1.65. The van der Waals surface area contributed by atoms with E-state index >= 15 is 0 Å². The van der Waals surface area contributed by atoms with Crippen molar-refractivity contribution in [2.75, 3.05) is 12.4 Å². The average molecular weight is 297 g/mol. The van der Waals surface area contributed by atoms with Crippen LogP contribution in [0.3, 0.4) is 0 Å². The Labute approximate surface area is 125 Å². The van der Waals surface area contributed by atoms with Gasteiger partial charge in [-0.05, 0) is 6.07 Å². The standard InChI is InChI=1S/C15H11N3O4/c1-21-13(19)10-7-22-12(17)9(6-16)15(10)8-4-2-3-5-11(8)18-14(15)20/h2-5,7H,17H2,1H3,(H,18,20). The maximum atomic E-state index is 12.7. The number of hydrogen-bond acceptors (Lipinski definition) is 6. The lowest BCUT2D eigenvalue weighted by Crippen LogP contribution is -2.44. The van der Waals surface area contributed by atoms with E-state index in [1.807, 2.05) is 6.07 Å². The molecule has 0 aliphatic carbocycles. The van der Waals surface area contributed by atoms with Crippen LogP contribution >= 0.6 is 0 Å². The van der Waals surface area contributed by atoms with Gasteiger partial charge < -0.3 is 20.5 Å². The highest BCUT2D eigenvalue weighted by Gasteiger charge is 2.58. The van der Waals surface area contributed by atoms with Crippen LogP contribution in [0.25, 0.3) is 0 Å². The minimum Gasteiger partial charge on any atom is -0.466 e. The van der Waals surface area contributed by atoms with Crippen LogP contribution in [0.1, 0.15) is 5.56 Å². The number of nitrogens with two attached hydrogens (primary N) is 1. The molecule has 1 aromatic carbocycles. The topological polar surface area (TPSA) is 114 Å². The third-order valence-electron chi connectivity index (χ3n) is 3.77. The molecule has 3 N–H and O–H groups in total. The quantitative estimate of drug-likeness (QED) is 0.736. The number of rotatable bonds is 1. The molecule has 0 bridgehead atoms. The molecule has 7 nitrogen and oxygen atoms in total. The molecule has 110 valence electrons. The summed E-state index contributed by atoms with van der Waals surface area (Å²) >= 11 is 0. The van der Waals surface area contributed by atoms with Gasteiger partial charge in [-0.2, -0.15) is 5.26 Å². The fourth-order valence-electron chi connectivity index (χ4n) is 2.81. The van der Waals surface area contributed by atoms with Crippen LogP contribution in [0.5, 0.6) is 0 Å². The summed E-state index contributed by atoms with van der Waals surface area (Å²) in [5.41, 5.74) is 4.80. The molecule has 0 saturated carbocycles. The fourth-order valence-corrected chi connectivity index (χ4v) is 2.81. The van der Waals surface area contributed by atoms with Crippen LogP contribution in [0, 0.1) is 11.3 Å². The molecule has 7 heteroatoms. The predicted molar refractivity (Wildman–Crippen MR) is 74.8 cm³/mol. The monoisotopic (exact) mass is 297 g/mol. The van der Waals surface area contributed by atoms with E-state index in [-0.39, 0.29) is 17.0 Å². The molecule has 0 saturated heterocycles. The van der Waals surface area contributed by atoms with Crippen molar-refractivity contribution in [3.63, 3.8) is 0 Å². The smallest absolute Gasteiger partial charge is 0.338 e. The summed E-state index contributed by atoms with van der Waals surface area (Å²) in [5, 5.41) is 12.1. The molecule has 0 fully saturated rings. The lowest BCUT2D eigenvalue weighted by Gasteiger charge is -2.31. The first-order valence-corrected chi connectivity index (χ1v) is 6.34. The van der Waals surface area contributed by atoms with Gasteiger partial charge in [0.1, 0.15) is 17.9 Å². The second-order valence-electron chi connectivity index (χ2n) is 4.74. The lowest BCUT2D eigenvalue weighted by molar-refractivity contribution is -0.138. The van der Waals surface area contributed by atoms with Crippen molar-refractivity contribution in [3.8, 4) is 6.07 Å². The van der Waals surface area contributed by atoms with E-state index in [0.717, 1.165) is 6.26 Å². The third-order valence-corrected chi connectivity index (χ3v) is 3.77. The number of benzene rings is 1. The highest BCUT2D eigenvalue weighted by Crippen LogP contribution is 2.50. The Morgan fingerprint density at radius 3 is 2.86 bits per heavy atom. The van der Waals surface area contributed by atoms with Crippen LogP contribution in [-0.2, 0) is 24.5 Å². The number of carbonyl (C=O) groups excluding carboxylic acids is 2. The molecule has 1 unspecified atom stereocenters. The number of nitrogens with zero attached hydrogens (tertiary/aromatic N) is 1. The van der Waals surface area contributed by atoms with Gasteiger partial charge in [0.05, 0.1) is 12.7 Å². The van der Waals surface area contributed by atoms with Gasteiger partial charge in [-0.25, -0.2) is 4.79 Å². The van der Waals surface area contributed by atoms with Crippen molar-refractivity contribution in [1.82, 2.24) is 0 Å². The Morgan fingerprint density at radius 1 is 1.45 bits per heavy atom. The Kier molecular flexibility index (Phi) is 2.88. The van der Waals surface area contributed by atoms with Gasteiger partial charge >= 0.3 is 5.97 Å². The van der Waals surface area contributed by atoms with Gasteiger partial charge in [0, 0.05) is 11.3 Å². The van der Waals surface area contributed by atoms with Crippen molar-refractivity contribution in [2.24, 2.45) is 5.73 Å². The van der Waals surface area contributed by atoms with Gasteiger partial charge in [-0.1, -0.05) is 18.2 Å². The largest absolute Gasteiger partial charge is 0.466 e. The molecule has 3 rings (SSSR count). The number of hydrogen-bond donors (Lipinski definition) is 2. The van der Waals surface area contributed by atoms with Crippen molar-refractivity contribution < 1.29 is 19.1 Å². The number of amides is 1. The first kappa shape index (κ1) is 13.7.